The first-order valence-corrected chi connectivity index (χ1v) is 6.11. The van der Waals surface area contributed by atoms with Crippen LogP contribution in [-0.2, 0) is 11.3 Å². The molecular weight excluding hydrogens is 373 g/mol. The zero-order valence-corrected chi connectivity index (χ0v) is 11.3. The van der Waals surface area contributed by atoms with Gasteiger partial charge in [-0.05, 0) is 46.9 Å². The molecule has 0 saturated heterocycles. The van der Waals surface area contributed by atoms with E-state index in [2.05, 4.69) is 38.5 Å². The van der Waals surface area contributed by atoms with Gasteiger partial charge < -0.3 is 9.67 Å². The normalized spacial score (nSPS) is 10.8. The van der Waals surface area contributed by atoms with Crippen LogP contribution in [0.4, 0.5) is 0 Å². The van der Waals surface area contributed by atoms with Gasteiger partial charge in [-0.25, -0.2) is 0 Å². The fourth-order valence-electron chi connectivity index (χ4n) is 1.50. The molecule has 0 aliphatic carbocycles. The quantitative estimate of drug-likeness (QED) is 0.814. The molecule has 0 unspecified atom stereocenters. The van der Waals surface area contributed by atoms with Crippen LogP contribution in [0.5, 0.6) is 0 Å². The smallest absolute Gasteiger partial charge is 0.323 e. The van der Waals surface area contributed by atoms with Crippen molar-refractivity contribution in [2.45, 2.75) is 6.54 Å². The predicted octanol–water partition coefficient (Wildman–Crippen LogP) is 3.09. The van der Waals surface area contributed by atoms with E-state index in [9.17, 15) is 4.79 Å². The number of halogens is 2. The van der Waals surface area contributed by atoms with Crippen LogP contribution in [0.15, 0.2) is 28.7 Å². The summed E-state index contributed by atoms with van der Waals surface area (Å²) in [7, 11) is 0. The zero-order valence-electron chi connectivity index (χ0n) is 7.58. The molecule has 0 bridgehead atoms. The molecule has 1 heterocycles. The van der Waals surface area contributed by atoms with Crippen molar-refractivity contribution >= 4 is 55.4 Å². The van der Waals surface area contributed by atoms with E-state index < -0.39 is 5.97 Å². The van der Waals surface area contributed by atoms with E-state index in [1.165, 1.54) is 0 Å². The Balaban J connectivity index is 2.63. The molecule has 2 aromatic rings. The van der Waals surface area contributed by atoms with Gasteiger partial charge in [-0.15, -0.1) is 0 Å². The topological polar surface area (TPSA) is 42.2 Å². The molecule has 0 spiro atoms. The molecule has 0 saturated carbocycles. The fraction of sp³-hybridized carbons (Fsp3) is 0.100. The van der Waals surface area contributed by atoms with Crippen molar-refractivity contribution in [2.75, 3.05) is 0 Å². The molecule has 0 aliphatic rings. The average molecular weight is 380 g/mol. The Morgan fingerprint density at radius 1 is 1.47 bits per heavy atom. The van der Waals surface area contributed by atoms with Crippen LogP contribution in [0, 0.1) is 3.70 Å². The lowest BCUT2D eigenvalue weighted by Crippen LogP contribution is -2.09. The molecule has 0 fully saturated rings. The van der Waals surface area contributed by atoms with E-state index in [1.54, 1.807) is 4.57 Å². The summed E-state index contributed by atoms with van der Waals surface area (Å²) in [6, 6.07) is 7.79. The minimum atomic E-state index is -0.826. The van der Waals surface area contributed by atoms with Crippen LogP contribution in [0.2, 0.25) is 0 Å². The van der Waals surface area contributed by atoms with Crippen molar-refractivity contribution in [3.05, 3.63) is 32.4 Å². The summed E-state index contributed by atoms with van der Waals surface area (Å²) < 4.78 is 3.71. The second-order valence-corrected chi connectivity index (χ2v) is 5.17. The van der Waals surface area contributed by atoms with E-state index in [1.807, 2.05) is 24.3 Å². The van der Waals surface area contributed by atoms with Crippen LogP contribution in [0.3, 0.4) is 0 Å². The molecule has 0 radical (unpaired) electrons. The third kappa shape index (κ3) is 2.17. The Labute approximate surface area is 108 Å². The van der Waals surface area contributed by atoms with Crippen molar-refractivity contribution in [1.82, 2.24) is 4.57 Å². The number of aliphatic carboxylic acids is 1. The summed E-state index contributed by atoms with van der Waals surface area (Å²) in [4.78, 5) is 10.7. The van der Waals surface area contributed by atoms with E-state index in [0.29, 0.717) is 0 Å². The Hall–Kier alpha value is -0.560. The van der Waals surface area contributed by atoms with Gasteiger partial charge in [0.05, 0.1) is 3.70 Å². The Kier molecular flexibility index (Phi) is 3.01. The summed E-state index contributed by atoms with van der Waals surface area (Å²) in [5, 5.41) is 9.84. The molecule has 2 rings (SSSR count). The molecule has 0 aliphatic heterocycles. The second-order valence-electron chi connectivity index (χ2n) is 3.15. The number of carboxylic acid groups (broad SMARTS) is 1. The first-order chi connectivity index (χ1) is 7.08. The highest BCUT2D eigenvalue weighted by atomic mass is 127. The Morgan fingerprint density at radius 3 is 2.87 bits per heavy atom. The lowest BCUT2D eigenvalue weighted by Gasteiger charge is -2.03. The van der Waals surface area contributed by atoms with Gasteiger partial charge in [0, 0.05) is 15.4 Å². The number of fused-ring (bicyclic) bond motifs is 1. The molecule has 3 nitrogen and oxygen atoms in total. The van der Waals surface area contributed by atoms with Gasteiger partial charge >= 0.3 is 5.97 Å². The fourth-order valence-corrected chi connectivity index (χ4v) is 2.65. The number of carbonyl (C=O) groups is 1. The number of hydrogen-bond acceptors (Lipinski definition) is 1. The molecule has 0 atom stereocenters. The number of carboxylic acids is 1. The van der Waals surface area contributed by atoms with Crippen LogP contribution in [0.25, 0.3) is 10.9 Å². The molecule has 0 amide bonds. The summed E-state index contributed by atoms with van der Waals surface area (Å²) in [5.41, 5.74) is 0.949. The molecular formula is C10H7BrINO2. The minimum absolute atomic E-state index is 0.00338. The van der Waals surface area contributed by atoms with Gasteiger partial charge in [0.25, 0.3) is 0 Å². The molecule has 5 heteroatoms. The third-order valence-corrected chi connectivity index (χ3v) is 3.49. The average Bonchev–Trinajstić information content (AvgIpc) is 2.41. The highest BCUT2D eigenvalue weighted by molar-refractivity contribution is 14.1. The first-order valence-electron chi connectivity index (χ1n) is 4.24. The monoisotopic (exact) mass is 379 g/mol. The van der Waals surface area contributed by atoms with E-state index in [-0.39, 0.29) is 6.54 Å². The Bertz CT molecular complexity index is 535. The number of hydrogen-bond donors (Lipinski definition) is 1. The van der Waals surface area contributed by atoms with Gasteiger partial charge in [0.2, 0.25) is 0 Å². The van der Waals surface area contributed by atoms with Crippen LogP contribution in [0.1, 0.15) is 0 Å². The predicted molar refractivity (Wildman–Crippen MR) is 70.0 cm³/mol. The standard InChI is InChI=1S/C10H7BrINO2/c11-7-1-2-8-6(3-7)4-9(12)13(8)5-10(14)15/h1-4H,5H2,(H,14,15). The summed E-state index contributed by atoms with van der Waals surface area (Å²) in [6.45, 7) is 0.00338. The molecule has 1 aromatic carbocycles. The first kappa shape index (κ1) is 10.9. The van der Waals surface area contributed by atoms with Crippen LogP contribution < -0.4 is 0 Å². The highest BCUT2D eigenvalue weighted by Gasteiger charge is 2.09. The molecule has 78 valence electrons. The van der Waals surface area contributed by atoms with Crippen molar-refractivity contribution in [3.63, 3.8) is 0 Å². The maximum atomic E-state index is 10.7. The number of benzene rings is 1. The lowest BCUT2D eigenvalue weighted by molar-refractivity contribution is -0.137. The van der Waals surface area contributed by atoms with Crippen molar-refractivity contribution in [3.8, 4) is 0 Å². The van der Waals surface area contributed by atoms with Crippen molar-refractivity contribution < 1.29 is 9.90 Å². The maximum absolute atomic E-state index is 10.7. The van der Waals surface area contributed by atoms with E-state index in [0.717, 1.165) is 19.1 Å². The number of nitrogens with zero attached hydrogens (tertiary/aromatic N) is 1. The number of rotatable bonds is 2. The van der Waals surface area contributed by atoms with Gasteiger partial charge in [0.1, 0.15) is 6.54 Å². The Morgan fingerprint density at radius 2 is 2.20 bits per heavy atom. The van der Waals surface area contributed by atoms with Crippen LogP contribution in [-0.4, -0.2) is 15.6 Å². The molecule has 15 heavy (non-hydrogen) atoms. The van der Waals surface area contributed by atoms with Gasteiger partial charge in [0.15, 0.2) is 0 Å². The zero-order chi connectivity index (χ0) is 11.0. The molecule has 1 aromatic heterocycles. The lowest BCUT2D eigenvalue weighted by atomic mass is 10.2. The van der Waals surface area contributed by atoms with Gasteiger partial charge in [-0.2, -0.15) is 0 Å². The van der Waals surface area contributed by atoms with E-state index >= 15 is 0 Å². The SMILES string of the molecule is O=C(O)Cn1c(I)cc2cc(Br)ccc21. The summed E-state index contributed by atoms with van der Waals surface area (Å²) in [5.74, 6) is -0.826. The van der Waals surface area contributed by atoms with Gasteiger partial charge in [-0.1, -0.05) is 15.9 Å². The van der Waals surface area contributed by atoms with Crippen molar-refractivity contribution in [2.24, 2.45) is 0 Å². The van der Waals surface area contributed by atoms with Gasteiger partial charge in [-0.3, -0.25) is 4.79 Å². The number of aromatic nitrogens is 1. The van der Waals surface area contributed by atoms with Crippen molar-refractivity contribution in [1.29, 1.82) is 0 Å². The summed E-state index contributed by atoms with van der Waals surface area (Å²) in [6.07, 6.45) is 0. The minimum Gasteiger partial charge on any atom is -0.480 e. The summed E-state index contributed by atoms with van der Waals surface area (Å²) >= 11 is 5.53. The molecule has 1 N–H and O–H groups in total. The van der Waals surface area contributed by atoms with Crippen LogP contribution >= 0.6 is 38.5 Å². The maximum Gasteiger partial charge on any atom is 0.323 e. The van der Waals surface area contributed by atoms with E-state index in [4.69, 9.17) is 5.11 Å². The second kappa shape index (κ2) is 4.13. The third-order valence-electron chi connectivity index (χ3n) is 2.11. The highest BCUT2D eigenvalue weighted by Crippen LogP contribution is 2.24. The largest absolute Gasteiger partial charge is 0.480 e.